The Kier molecular flexibility index (Phi) is 4.13. The highest BCUT2D eigenvalue weighted by molar-refractivity contribution is 5.26. The van der Waals surface area contributed by atoms with Crippen molar-refractivity contribution in [2.24, 2.45) is 0 Å². The molecule has 0 radical (unpaired) electrons. The first-order valence-corrected chi connectivity index (χ1v) is 6.40. The SMILES string of the molecule is CCCN(Cc1ccc(F)cc1C)C1CNC1. The second kappa shape index (κ2) is 5.61. The normalized spacial score (nSPS) is 16.2. The van der Waals surface area contributed by atoms with Crippen LogP contribution in [0.1, 0.15) is 24.5 Å². The van der Waals surface area contributed by atoms with Crippen LogP contribution in [0.5, 0.6) is 0 Å². The molecule has 0 bridgehead atoms. The summed E-state index contributed by atoms with van der Waals surface area (Å²) >= 11 is 0. The molecule has 17 heavy (non-hydrogen) atoms. The van der Waals surface area contributed by atoms with Crippen LogP contribution in [-0.2, 0) is 6.54 Å². The molecule has 1 heterocycles. The smallest absolute Gasteiger partial charge is 0.123 e. The van der Waals surface area contributed by atoms with Gasteiger partial charge in [0.1, 0.15) is 5.82 Å². The van der Waals surface area contributed by atoms with E-state index in [2.05, 4.69) is 17.1 Å². The van der Waals surface area contributed by atoms with Gasteiger partial charge in [0, 0.05) is 25.7 Å². The van der Waals surface area contributed by atoms with Gasteiger partial charge in [-0.3, -0.25) is 4.90 Å². The molecule has 0 saturated carbocycles. The fraction of sp³-hybridized carbons (Fsp3) is 0.571. The molecular weight excluding hydrogens is 215 g/mol. The van der Waals surface area contributed by atoms with Crippen LogP contribution in [0.25, 0.3) is 0 Å². The van der Waals surface area contributed by atoms with Gasteiger partial charge in [0.25, 0.3) is 0 Å². The van der Waals surface area contributed by atoms with Crippen LogP contribution in [0.3, 0.4) is 0 Å². The molecule has 3 heteroatoms. The van der Waals surface area contributed by atoms with Crippen LogP contribution in [0.2, 0.25) is 0 Å². The van der Waals surface area contributed by atoms with Crippen LogP contribution in [0.15, 0.2) is 18.2 Å². The minimum Gasteiger partial charge on any atom is -0.314 e. The Balaban J connectivity index is 2.05. The molecule has 1 N–H and O–H groups in total. The zero-order valence-electron chi connectivity index (χ0n) is 10.7. The number of rotatable bonds is 5. The van der Waals surface area contributed by atoms with Crippen molar-refractivity contribution in [3.05, 3.63) is 35.1 Å². The van der Waals surface area contributed by atoms with Crippen LogP contribution >= 0.6 is 0 Å². The lowest BCUT2D eigenvalue weighted by molar-refractivity contribution is 0.137. The van der Waals surface area contributed by atoms with Gasteiger partial charge in [-0.2, -0.15) is 0 Å². The summed E-state index contributed by atoms with van der Waals surface area (Å²) in [5.74, 6) is -0.140. The molecule has 0 unspecified atom stereocenters. The van der Waals surface area contributed by atoms with Crippen LogP contribution in [0, 0.1) is 12.7 Å². The molecule has 1 fully saturated rings. The summed E-state index contributed by atoms with van der Waals surface area (Å²) in [5, 5.41) is 3.31. The Morgan fingerprint density at radius 2 is 2.18 bits per heavy atom. The van der Waals surface area contributed by atoms with Crippen LogP contribution in [-0.4, -0.2) is 30.6 Å². The molecule has 2 nitrogen and oxygen atoms in total. The Labute approximate surface area is 103 Å². The number of nitrogens with zero attached hydrogens (tertiary/aromatic N) is 1. The summed E-state index contributed by atoms with van der Waals surface area (Å²) in [4.78, 5) is 2.50. The molecule has 1 aliphatic rings. The number of hydrogen-bond acceptors (Lipinski definition) is 2. The van der Waals surface area contributed by atoms with Crippen molar-refractivity contribution in [3.8, 4) is 0 Å². The summed E-state index contributed by atoms with van der Waals surface area (Å²) in [6, 6.07) is 5.75. The first-order chi connectivity index (χ1) is 8.20. The van der Waals surface area contributed by atoms with E-state index in [4.69, 9.17) is 0 Å². The van der Waals surface area contributed by atoms with Crippen molar-refractivity contribution < 1.29 is 4.39 Å². The molecule has 1 aromatic carbocycles. The van der Waals surface area contributed by atoms with Crippen molar-refractivity contribution in [1.29, 1.82) is 0 Å². The van der Waals surface area contributed by atoms with E-state index in [9.17, 15) is 4.39 Å². The van der Waals surface area contributed by atoms with Gasteiger partial charge in [0.15, 0.2) is 0 Å². The molecule has 0 amide bonds. The monoisotopic (exact) mass is 236 g/mol. The van der Waals surface area contributed by atoms with E-state index in [0.717, 1.165) is 38.2 Å². The number of benzene rings is 1. The highest BCUT2D eigenvalue weighted by atomic mass is 19.1. The van der Waals surface area contributed by atoms with Gasteiger partial charge >= 0.3 is 0 Å². The molecule has 2 rings (SSSR count). The second-order valence-corrected chi connectivity index (χ2v) is 4.85. The molecule has 0 aromatic heterocycles. The van der Waals surface area contributed by atoms with E-state index in [0.29, 0.717) is 6.04 Å². The highest BCUT2D eigenvalue weighted by Gasteiger charge is 2.24. The molecule has 1 saturated heterocycles. The Bertz CT molecular complexity index is 374. The standard InChI is InChI=1S/C14H21FN2/c1-3-6-17(14-8-16-9-14)10-12-4-5-13(15)7-11(12)2/h4-5,7,14,16H,3,6,8-10H2,1-2H3. The fourth-order valence-corrected chi connectivity index (χ4v) is 2.27. The first kappa shape index (κ1) is 12.5. The zero-order chi connectivity index (χ0) is 12.3. The Morgan fingerprint density at radius 1 is 1.41 bits per heavy atom. The Morgan fingerprint density at radius 3 is 2.71 bits per heavy atom. The number of aryl methyl sites for hydroxylation is 1. The Hall–Kier alpha value is -0.930. The molecule has 0 atom stereocenters. The molecule has 1 aliphatic heterocycles. The first-order valence-electron chi connectivity index (χ1n) is 6.40. The predicted octanol–water partition coefficient (Wildman–Crippen LogP) is 2.32. The van der Waals surface area contributed by atoms with E-state index in [1.165, 1.54) is 5.56 Å². The van der Waals surface area contributed by atoms with Gasteiger partial charge in [-0.25, -0.2) is 4.39 Å². The van der Waals surface area contributed by atoms with E-state index in [1.807, 2.05) is 13.0 Å². The maximum Gasteiger partial charge on any atom is 0.123 e. The van der Waals surface area contributed by atoms with Gasteiger partial charge in [-0.05, 0) is 43.1 Å². The van der Waals surface area contributed by atoms with Crippen LogP contribution < -0.4 is 5.32 Å². The average molecular weight is 236 g/mol. The van der Waals surface area contributed by atoms with Crippen molar-refractivity contribution in [2.75, 3.05) is 19.6 Å². The van der Waals surface area contributed by atoms with Crippen molar-refractivity contribution in [3.63, 3.8) is 0 Å². The summed E-state index contributed by atoms with van der Waals surface area (Å²) in [5.41, 5.74) is 2.30. The molecule has 94 valence electrons. The maximum absolute atomic E-state index is 13.0. The summed E-state index contributed by atoms with van der Waals surface area (Å²) in [7, 11) is 0. The minimum atomic E-state index is -0.140. The lowest BCUT2D eigenvalue weighted by atomic mass is 10.0. The summed E-state index contributed by atoms with van der Waals surface area (Å²) < 4.78 is 13.0. The summed E-state index contributed by atoms with van der Waals surface area (Å²) in [6.45, 7) is 8.41. The minimum absolute atomic E-state index is 0.140. The number of halogens is 1. The van der Waals surface area contributed by atoms with E-state index >= 15 is 0 Å². The topological polar surface area (TPSA) is 15.3 Å². The molecule has 0 spiro atoms. The third-order valence-electron chi connectivity index (χ3n) is 3.47. The van der Waals surface area contributed by atoms with Crippen molar-refractivity contribution >= 4 is 0 Å². The van der Waals surface area contributed by atoms with Gasteiger partial charge < -0.3 is 5.32 Å². The van der Waals surface area contributed by atoms with Gasteiger partial charge in [-0.1, -0.05) is 13.0 Å². The highest BCUT2D eigenvalue weighted by Crippen LogP contribution is 2.16. The lowest BCUT2D eigenvalue weighted by Crippen LogP contribution is -2.57. The van der Waals surface area contributed by atoms with Gasteiger partial charge in [0.2, 0.25) is 0 Å². The van der Waals surface area contributed by atoms with E-state index in [-0.39, 0.29) is 5.82 Å². The number of hydrogen-bond donors (Lipinski definition) is 1. The fourth-order valence-electron chi connectivity index (χ4n) is 2.27. The average Bonchev–Trinajstić information content (AvgIpc) is 2.20. The van der Waals surface area contributed by atoms with E-state index < -0.39 is 0 Å². The predicted molar refractivity (Wildman–Crippen MR) is 68.5 cm³/mol. The third-order valence-corrected chi connectivity index (χ3v) is 3.47. The van der Waals surface area contributed by atoms with E-state index in [1.54, 1.807) is 12.1 Å². The lowest BCUT2D eigenvalue weighted by Gasteiger charge is -2.38. The van der Waals surface area contributed by atoms with Crippen molar-refractivity contribution in [2.45, 2.75) is 32.9 Å². The summed E-state index contributed by atoms with van der Waals surface area (Å²) in [6.07, 6.45) is 1.16. The molecular formula is C14H21FN2. The zero-order valence-corrected chi connectivity index (χ0v) is 10.7. The third kappa shape index (κ3) is 3.05. The largest absolute Gasteiger partial charge is 0.314 e. The molecule has 0 aliphatic carbocycles. The second-order valence-electron chi connectivity index (χ2n) is 4.85. The van der Waals surface area contributed by atoms with Gasteiger partial charge in [0.05, 0.1) is 0 Å². The maximum atomic E-state index is 13.0. The van der Waals surface area contributed by atoms with Crippen molar-refractivity contribution in [1.82, 2.24) is 10.2 Å². The van der Waals surface area contributed by atoms with Gasteiger partial charge in [-0.15, -0.1) is 0 Å². The van der Waals surface area contributed by atoms with Crippen LogP contribution in [0.4, 0.5) is 4.39 Å². The molecule has 1 aromatic rings. The quantitative estimate of drug-likeness (QED) is 0.844. The number of nitrogens with one attached hydrogen (secondary N) is 1.